The molecule has 4 heterocycles. The van der Waals surface area contributed by atoms with Crippen molar-refractivity contribution >= 4 is 46.7 Å². The SMILES string of the molecule is CCC1CN(c2nc(N)c(C(=O)NC(C)C)nc2Cl)CCN1C1CCCN(C(=O)c2cc(F)cnc2Cl)CC1. The highest BCUT2D eigenvalue weighted by atomic mass is 35.5. The molecular weight excluding hydrogens is 546 g/mol. The second-order valence-corrected chi connectivity index (χ2v) is 11.0. The van der Waals surface area contributed by atoms with Gasteiger partial charge in [0, 0.05) is 50.8 Å². The number of carbonyl (C=O) groups excluding carboxylic acids is 2. The van der Waals surface area contributed by atoms with Crippen molar-refractivity contribution in [2.75, 3.05) is 43.4 Å². The topological polar surface area (TPSA) is 121 Å². The molecule has 0 saturated carbocycles. The van der Waals surface area contributed by atoms with Gasteiger partial charge in [0.2, 0.25) is 0 Å². The average molecular weight is 582 g/mol. The van der Waals surface area contributed by atoms with E-state index in [0.29, 0.717) is 38.0 Å². The molecule has 2 unspecified atom stereocenters. The summed E-state index contributed by atoms with van der Waals surface area (Å²) in [6.45, 7) is 9.13. The Morgan fingerprint density at radius 3 is 2.64 bits per heavy atom. The van der Waals surface area contributed by atoms with Gasteiger partial charge in [-0.15, -0.1) is 0 Å². The zero-order chi connectivity index (χ0) is 28.3. The van der Waals surface area contributed by atoms with E-state index in [9.17, 15) is 14.0 Å². The second kappa shape index (κ2) is 12.6. The predicted octanol–water partition coefficient (Wildman–Crippen LogP) is 3.63. The largest absolute Gasteiger partial charge is 0.382 e. The molecule has 2 atom stereocenters. The van der Waals surface area contributed by atoms with Crippen molar-refractivity contribution in [3.8, 4) is 0 Å². The van der Waals surface area contributed by atoms with Gasteiger partial charge in [-0.25, -0.2) is 19.3 Å². The van der Waals surface area contributed by atoms with E-state index >= 15 is 0 Å². The summed E-state index contributed by atoms with van der Waals surface area (Å²) in [5.41, 5.74) is 6.23. The lowest BCUT2D eigenvalue weighted by molar-refractivity contribution is 0.0743. The standard InChI is InChI=1S/C26H35Cl2FN8O2/c1-4-17-14-36(24-22(28)33-20(23(30)34-24)25(38)32-15(2)3)10-11-37(17)18-6-5-8-35(9-7-18)26(39)19-12-16(29)13-31-21(19)27/h12-13,15,17-18H,4-11,14H2,1-3H3,(H2,30,34)(H,32,38). The molecule has 10 nitrogen and oxygen atoms in total. The minimum absolute atomic E-state index is 0.0142. The number of nitrogens with two attached hydrogens (primary N) is 1. The van der Waals surface area contributed by atoms with E-state index in [4.69, 9.17) is 28.9 Å². The maximum absolute atomic E-state index is 13.7. The van der Waals surface area contributed by atoms with Gasteiger partial charge in [-0.05, 0) is 45.6 Å². The zero-order valence-electron chi connectivity index (χ0n) is 22.5. The lowest BCUT2D eigenvalue weighted by Gasteiger charge is -2.45. The van der Waals surface area contributed by atoms with Crippen LogP contribution < -0.4 is 16.0 Å². The van der Waals surface area contributed by atoms with E-state index in [1.807, 2.05) is 13.8 Å². The maximum atomic E-state index is 13.7. The first-order valence-corrected chi connectivity index (χ1v) is 14.1. The van der Waals surface area contributed by atoms with E-state index in [1.165, 1.54) is 0 Å². The fraction of sp³-hybridized carbons (Fsp3) is 0.577. The third-order valence-corrected chi connectivity index (χ3v) is 7.84. The smallest absolute Gasteiger partial charge is 0.273 e. The number of pyridine rings is 1. The van der Waals surface area contributed by atoms with Crippen molar-refractivity contribution < 1.29 is 14.0 Å². The van der Waals surface area contributed by atoms with Crippen LogP contribution in [0.5, 0.6) is 0 Å². The van der Waals surface area contributed by atoms with Crippen LogP contribution >= 0.6 is 23.2 Å². The third-order valence-electron chi connectivity index (χ3n) is 7.29. The van der Waals surface area contributed by atoms with Crippen LogP contribution in [-0.2, 0) is 0 Å². The Morgan fingerprint density at radius 2 is 1.92 bits per heavy atom. The molecule has 0 aromatic carbocycles. The Morgan fingerprint density at radius 1 is 1.15 bits per heavy atom. The minimum Gasteiger partial charge on any atom is -0.382 e. The number of amides is 2. The summed E-state index contributed by atoms with van der Waals surface area (Å²) in [5.74, 6) is -0.756. The average Bonchev–Trinajstić information content (AvgIpc) is 3.16. The molecule has 212 valence electrons. The summed E-state index contributed by atoms with van der Waals surface area (Å²) >= 11 is 12.6. The monoisotopic (exact) mass is 580 g/mol. The number of nitrogen functional groups attached to an aromatic ring is 1. The predicted molar refractivity (Wildman–Crippen MR) is 150 cm³/mol. The van der Waals surface area contributed by atoms with Crippen LogP contribution in [0.2, 0.25) is 10.3 Å². The highest BCUT2D eigenvalue weighted by Crippen LogP contribution is 2.30. The number of piperazine rings is 1. The molecule has 2 aromatic heterocycles. The quantitative estimate of drug-likeness (QED) is 0.497. The molecule has 2 aromatic rings. The molecule has 2 fully saturated rings. The zero-order valence-corrected chi connectivity index (χ0v) is 24.0. The van der Waals surface area contributed by atoms with Crippen molar-refractivity contribution in [2.45, 2.75) is 64.6 Å². The lowest BCUT2D eigenvalue weighted by atomic mass is 10.0. The van der Waals surface area contributed by atoms with Crippen LogP contribution in [0.1, 0.15) is 67.3 Å². The van der Waals surface area contributed by atoms with E-state index in [-0.39, 0.29) is 45.4 Å². The normalized spacial score (nSPS) is 20.7. The van der Waals surface area contributed by atoms with Gasteiger partial charge >= 0.3 is 0 Å². The summed E-state index contributed by atoms with van der Waals surface area (Å²) in [6, 6.07) is 1.61. The number of halogens is 3. The fourth-order valence-electron chi connectivity index (χ4n) is 5.38. The summed E-state index contributed by atoms with van der Waals surface area (Å²) in [6.07, 6.45) is 4.50. The number of nitrogens with zero attached hydrogens (tertiary/aromatic N) is 6. The number of likely N-dealkylation sites (tertiary alicyclic amines) is 1. The van der Waals surface area contributed by atoms with E-state index in [0.717, 1.165) is 44.5 Å². The van der Waals surface area contributed by atoms with Gasteiger partial charge < -0.3 is 20.9 Å². The molecule has 2 saturated heterocycles. The van der Waals surface area contributed by atoms with E-state index in [1.54, 1.807) is 4.90 Å². The van der Waals surface area contributed by atoms with Gasteiger partial charge in [-0.3, -0.25) is 14.5 Å². The summed E-state index contributed by atoms with van der Waals surface area (Å²) < 4.78 is 13.7. The molecule has 2 amide bonds. The van der Waals surface area contributed by atoms with Gasteiger partial charge in [0.25, 0.3) is 11.8 Å². The molecule has 2 aliphatic heterocycles. The van der Waals surface area contributed by atoms with Gasteiger partial charge in [0.15, 0.2) is 22.5 Å². The third kappa shape index (κ3) is 6.70. The second-order valence-electron chi connectivity index (χ2n) is 10.3. The van der Waals surface area contributed by atoms with Crippen molar-refractivity contribution in [1.29, 1.82) is 0 Å². The Kier molecular flexibility index (Phi) is 9.45. The number of hydrogen-bond acceptors (Lipinski definition) is 8. The van der Waals surface area contributed by atoms with Gasteiger partial charge in [0.05, 0.1) is 11.8 Å². The Balaban J connectivity index is 1.42. The molecular formula is C26H35Cl2FN8O2. The van der Waals surface area contributed by atoms with Gasteiger partial charge in [-0.2, -0.15) is 0 Å². The number of hydrogen-bond donors (Lipinski definition) is 2. The van der Waals surface area contributed by atoms with Crippen LogP contribution in [0.15, 0.2) is 12.3 Å². The molecule has 0 radical (unpaired) electrons. The molecule has 3 N–H and O–H groups in total. The van der Waals surface area contributed by atoms with Crippen molar-refractivity contribution in [3.63, 3.8) is 0 Å². The first-order valence-electron chi connectivity index (χ1n) is 13.3. The Bertz CT molecular complexity index is 1220. The number of nitrogens with one attached hydrogen (secondary N) is 1. The van der Waals surface area contributed by atoms with Crippen LogP contribution in [0, 0.1) is 5.82 Å². The number of anilines is 2. The molecule has 2 aliphatic rings. The number of rotatable bonds is 6. The summed E-state index contributed by atoms with van der Waals surface area (Å²) in [7, 11) is 0. The van der Waals surface area contributed by atoms with E-state index in [2.05, 4.69) is 37.0 Å². The highest BCUT2D eigenvalue weighted by molar-refractivity contribution is 6.32. The van der Waals surface area contributed by atoms with Crippen LogP contribution in [-0.4, -0.2) is 87.4 Å². The van der Waals surface area contributed by atoms with Crippen molar-refractivity contribution in [2.24, 2.45) is 0 Å². The molecule has 4 rings (SSSR count). The summed E-state index contributed by atoms with van der Waals surface area (Å²) in [4.78, 5) is 44.3. The van der Waals surface area contributed by atoms with Crippen LogP contribution in [0.4, 0.5) is 16.0 Å². The molecule has 0 spiro atoms. The van der Waals surface area contributed by atoms with E-state index < -0.39 is 11.7 Å². The molecule has 0 bridgehead atoms. The van der Waals surface area contributed by atoms with Gasteiger partial charge in [-0.1, -0.05) is 30.1 Å². The number of aromatic nitrogens is 3. The highest BCUT2D eigenvalue weighted by Gasteiger charge is 2.34. The minimum atomic E-state index is -0.584. The van der Waals surface area contributed by atoms with Crippen LogP contribution in [0.3, 0.4) is 0 Å². The van der Waals surface area contributed by atoms with Crippen molar-refractivity contribution in [1.82, 2.24) is 30.1 Å². The Hall–Kier alpha value is -2.76. The van der Waals surface area contributed by atoms with Crippen molar-refractivity contribution in [3.05, 3.63) is 39.6 Å². The molecule has 13 heteroatoms. The lowest BCUT2D eigenvalue weighted by Crippen LogP contribution is -2.57. The van der Waals surface area contributed by atoms with Crippen LogP contribution in [0.25, 0.3) is 0 Å². The van der Waals surface area contributed by atoms with Gasteiger partial charge in [0.1, 0.15) is 11.0 Å². The maximum Gasteiger partial charge on any atom is 0.273 e. The first kappa shape index (κ1) is 29.2. The number of carbonyl (C=O) groups is 2. The fourth-order valence-corrected chi connectivity index (χ4v) is 5.81. The summed E-state index contributed by atoms with van der Waals surface area (Å²) in [5, 5.41) is 2.93. The first-order chi connectivity index (χ1) is 18.6. The molecule has 39 heavy (non-hydrogen) atoms. The molecule has 0 aliphatic carbocycles. The Labute approximate surface area is 238 Å².